The first-order valence-corrected chi connectivity index (χ1v) is 12.8. The fourth-order valence-corrected chi connectivity index (χ4v) is 5.23. The van der Waals surface area contributed by atoms with E-state index in [-0.39, 0.29) is 29.7 Å². The molecular weight excluding hydrogens is 472 g/mol. The second-order valence-corrected chi connectivity index (χ2v) is 11.1. The molecule has 1 saturated heterocycles. The standard InChI is InChI=1S/C28H36N4O5/c1-18(26(35)31-15-20-13-21(17-31)23-11-8-12-24(33)32(23)16-20)29-25(34)22(14-19-9-6-5-7-10-19)30-27(36)37-28(2,3)4/h5-12,18,20-22H,13-17H2,1-4H3,(H,29,34)(H,30,36)/t18-,20+,21-,22+/m0/s1. The van der Waals surface area contributed by atoms with Gasteiger partial charge in [0.05, 0.1) is 0 Å². The van der Waals surface area contributed by atoms with Gasteiger partial charge in [-0.05, 0) is 51.7 Å². The highest BCUT2D eigenvalue weighted by atomic mass is 16.6. The first-order valence-electron chi connectivity index (χ1n) is 12.8. The van der Waals surface area contributed by atoms with Crippen molar-refractivity contribution in [2.75, 3.05) is 13.1 Å². The van der Waals surface area contributed by atoms with E-state index in [1.54, 1.807) is 44.7 Å². The number of nitrogens with one attached hydrogen (secondary N) is 2. The molecule has 9 nitrogen and oxygen atoms in total. The van der Waals surface area contributed by atoms with E-state index >= 15 is 0 Å². The molecule has 37 heavy (non-hydrogen) atoms. The SMILES string of the molecule is C[C@H](NC(=O)[C@@H](Cc1ccccc1)NC(=O)OC(C)(C)C)C(=O)N1C[C@H]2C[C@@H](C1)c1cccc(=O)n1C2. The maximum atomic E-state index is 13.4. The zero-order chi connectivity index (χ0) is 26.7. The number of nitrogens with zero attached hydrogens (tertiary/aromatic N) is 2. The molecule has 0 radical (unpaired) electrons. The highest BCUT2D eigenvalue weighted by Crippen LogP contribution is 2.35. The number of hydrogen-bond donors (Lipinski definition) is 2. The molecule has 2 N–H and O–H groups in total. The second kappa shape index (κ2) is 10.8. The molecule has 2 aliphatic rings. The molecule has 3 heterocycles. The largest absolute Gasteiger partial charge is 0.444 e. The van der Waals surface area contributed by atoms with Crippen LogP contribution >= 0.6 is 0 Å². The van der Waals surface area contributed by atoms with Crippen molar-refractivity contribution in [1.29, 1.82) is 0 Å². The summed E-state index contributed by atoms with van der Waals surface area (Å²) in [6.45, 7) is 8.56. The Balaban J connectivity index is 1.43. The summed E-state index contributed by atoms with van der Waals surface area (Å²) in [7, 11) is 0. The van der Waals surface area contributed by atoms with E-state index in [0.29, 0.717) is 19.6 Å². The van der Waals surface area contributed by atoms with Crippen LogP contribution < -0.4 is 16.2 Å². The third kappa shape index (κ3) is 6.58. The van der Waals surface area contributed by atoms with E-state index in [1.807, 2.05) is 41.0 Å². The molecule has 1 fully saturated rings. The van der Waals surface area contributed by atoms with Gasteiger partial charge in [0.2, 0.25) is 11.8 Å². The molecule has 2 aromatic rings. The number of ether oxygens (including phenoxy) is 1. The van der Waals surface area contributed by atoms with Crippen molar-refractivity contribution in [1.82, 2.24) is 20.1 Å². The maximum absolute atomic E-state index is 13.4. The zero-order valence-electron chi connectivity index (χ0n) is 21.9. The van der Waals surface area contributed by atoms with E-state index in [2.05, 4.69) is 10.6 Å². The van der Waals surface area contributed by atoms with Crippen LogP contribution in [-0.2, 0) is 27.3 Å². The Labute approximate surface area is 217 Å². The Morgan fingerprint density at radius 3 is 2.43 bits per heavy atom. The van der Waals surface area contributed by atoms with Crippen LogP contribution in [0.25, 0.3) is 0 Å². The van der Waals surface area contributed by atoms with E-state index in [9.17, 15) is 19.2 Å². The van der Waals surface area contributed by atoms with Crippen molar-refractivity contribution < 1.29 is 19.1 Å². The van der Waals surface area contributed by atoms with Crippen molar-refractivity contribution in [3.8, 4) is 0 Å². The van der Waals surface area contributed by atoms with Crippen LogP contribution in [-0.4, -0.2) is 58.1 Å². The summed E-state index contributed by atoms with van der Waals surface area (Å²) in [6.07, 6.45) is 0.499. The lowest BCUT2D eigenvalue weighted by Crippen LogP contribution is -2.57. The van der Waals surface area contributed by atoms with E-state index < -0.39 is 29.7 Å². The van der Waals surface area contributed by atoms with Gasteiger partial charge in [0.1, 0.15) is 17.7 Å². The van der Waals surface area contributed by atoms with Crippen molar-refractivity contribution in [3.05, 3.63) is 70.1 Å². The fourth-order valence-electron chi connectivity index (χ4n) is 5.23. The van der Waals surface area contributed by atoms with Gasteiger partial charge in [-0.25, -0.2) is 4.79 Å². The number of piperidine rings is 1. The van der Waals surface area contributed by atoms with E-state index in [0.717, 1.165) is 17.7 Å². The van der Waals surface area contributed by atoms with Gasteiger partial charge in [0.15, 0.2) is 0 Å². The van der Waals surface area contributed by atoms with Crippen LogP contribution in [0.5, 0.6) is 0 Å². The molecule has 0 aliphatic carbocycles. The predicted octanol–water partition coefficient (Wildman–Crippen LogP) is 2.43. The number of amides is 3. The van der Waals surface area contributed by atoms with Gasteiger partial charge >= 0.3 is 6.09 Å². The van der Waals surface area contributed by atoms with Gasteiger partial charge in [-0.2, -0.15) is 0 Å². The molecule has 1 aromatic heterocycles. The number of benzene rings is 1. The normalized spacial score (nSPS) is 20.3. The van der Waals surface area contributed by atoms with Crippen LogP contribution in [0.15, 0.2) is 53.3 Å². The maximum Gasteiger partial charge on any atom is 0.408 e. The molecular formula is C28H36N4O5. The highest BCUT2D eigenvalue weighted by molar-refractivity contribution is 5.91. The second-order valence-electron chi connectivity index (χ2n) is 11.1. The summed E-state index contributed by atoms with van der Waals surface area (Å²) >= 11 is 0. The van der Waals surface area contributed by atoms with Gasteiger partial charge < -0.3 is 24.8 Å². The predicted molar refractivity (Wildman–Crippen MR) is 139 cm³/mol. The number of pyridine rings is 1. The molecule has 3 amide bonds. The van der Waals surface area contributed by atoms with Crippen LogP contribution in [0.3, 0.4) is 0 Å². The minimum Gasteiger partial charge on any atom is -0.444 e. The lowest BCUT2D eigenvalue weighted by molar-refractivity contribution is -0.138. The zero-order valence-corrected chi connectivity index (χ0v) is 21.9. The van der Waals surface area contributed by atoms with Crippen LogP contribution in [0.1, 0.15) is 51.3 Å². The molecule has 0 saturated carbocycles. The Morgan fingerprint density at radius 1 is 1.00 bits per heavy atom. The molecule has 2 aliphatic heterocycles. The summed E-state index contributed by atoms with van der Waals surface area (Å²) in [5, 5.41) is 5.47. The summed E-state index contributed by atoms with van der Waals surface area (Å²) in [5.41, 5.74) is 1.12. The van der Waals surface area contributed by atoms with Crippen LogP contribution in [0, 0.1) is 5.92 Å². The number of aromatic nitrogens is 1. The molecule has 1 aromatic carbocycles. The van der Waals surface area contributed by atoms with Crippen molar-refractivity contribution in [3.63, 3.8) is 0 Å². The van der Waals surface area contributed by atoms with Crippen molar-refractivity contribution >= 4 is 17.9 Å². The molecule has 2 bridgehead atoms. The van der Waals surface area contributed by atoms with E-state index in [4.69, 9.17) is 4.74 Å². The Bertz CT molecular complexity index is 1200. The number of alkyl carbamates (subject to hydrolysis) is 1. The Kier molecular flexibility index (Phi) is 7.71. The summed E-state index contributed by atoms with van der Waals surface area (Å²) in [5.74, 6) is -0.346. The number of hydrogen-bond acceptors (Lipinski definition) is 5. The number of rotatable bonds is 6. The van der Waals surface area contributed by atoms with Gasteiger partial charge in [0, 0.05) is 43.7 Å². The average molecular weight is 509 g/mol. The quantitative estimate of drug-likeness (QED) is 0.623. The van der Waals surface area contributed by atoms with Crippen LogP contribution in [0.4, 0.5) is 4.79 Å². The van der Waals surface area contributed by atoms with Gasteiger partial charge in [-0.1, -0.05) is 36.4 Å². The average Bonchev–Trinajstić information content (AvgIpc) is 2.83. The monoisotopic (exact) mass is 508 g/mol. The summed E-state index contributed by atoms with van der Waals surface area (Å²) in [4.78, 5) is 53.1. The molecule has 198 valence electrons. The number of carbonyl (C=O) groups excluding carboxylic acids is 3. The molecule has 4 atom stereocenters. The summed E-state index contributed by atoms with van der Waals surface area (Å²) in [6, 6.07) is 13.0. The minimum absolute atomic E-state index is 0.00504. The van der Waals surface area contributed by atoms with Crippen LogP contribution in [0.2, 0.25) is 0 Å². The Hall–Kier alpha value is -3.62. The first-order chi connectivity index (χ1) is 17.5. The Morgan fingerprint density at radius 2 is 1.73 bits per heavy atom. The number of carbonyl (C=O) groups is 3. The third-order valence-electron chi connectivity index (χ3n) is 6.81. The highest BCUT2D eigenvalue weighted by Gasteiger charge is 2.38. The van der Waals surface area contributed by atoms with Gasteiger partial charge in [-0.15, -0.1) is 0 Å². The molecule has 0 spiro atoms. The van der Waals surface area contributed by atoms with Gasteiger partial charge in [0.25, 0.3) is 5.56 Å². The van der Waals surface area contributed by atoms with Gasteiger partial charge in [-0.3, -0.25) is 14.4 Å². The molecule has 4 rings (SSSR count). The lowest BCUT2D eigenvalue weighted by atomic mass is 9.83. The van der Waals surface area contributed by atoms with Crippen molar-refractivity contribution in [2.45, 2.75) is 70.7 Å². The van der Waals surface area contributed by atoms with Crippen molar-refractivity contribution in [2.24, 2.45) is 5.92 Å². The minimum atomic E-state index is -0.910. The smallest absolute Gasteiger partial charge is 0.408 e. The molecule has 9 heteroatoms. The topological polar surface area (TPSA) is 110 Å². The third-order valence-corrected chi connectivity index (χ3v) is 6.81. The summed E-state index contributed by atoms with van der Waals surface area (Å²) < 4.78 is 7.18. The number of fused-ring (bicyclic) bond motifs is 4. The fraction of sp³-hybridized carbons (Fsp3) is 0.500. The molecule has 0 unspecified atom stereocenters. The van der Waals surface area contributed by atoms with E-state index in [1.165, 1.54) is 0 Å². The lowest BCUT2D eigenvalue weighted by Gasteiger charge is -2.43. The first kappa shape index (κ1) is 26.4. The number of likely N-dealkylation sites (tertiary alicyclic amines) is 1.